The Labute approximate surface area is 98.6 Å². The lowest BCUT2D eigenvalue weighted by Gasteiger charge is -2.43. The molecule has 4 heteroatoms. The summed E-state index contributed by atoms with van der Waals surface area (Å²) in [5.74, 6) is 2.82. The van der Waals surface area contributed by atoms with E-state index in [2.05, 4.69) is 23.5 Å². The number of carbonyl (C=O) groups excluding carboxylic acids is 1. The highest BCUT2D eigenvalue weighted by Gasteiger charge is 2.56. The monoisotopic (exact) mass is 243 g/mol. The first-order valence-corrected chi connectivity index (χ1v) is 7.68. The summed E-state index contributed by atoms with van der Waals surface area (Å²) >= 11 is 4.22. The summed E-state index contributed by atoms with van der Waals surface area (Å²) in [6, 6.07) is 0. The molecule has 0 aromatic rings. The summed E-state index contributed by atoms with van der Waals surface area (Å²) in [6.45, 7) is 0. The standard InChI is InChI=1S/C11H16O2S2/c12-10(13)7-5-8-1-2-9(6-7)11(8)14-3-4-15-11/h7-9H,1-6H2,(H,12,13)/p-1/t8-,9-/m1/s1. The highest BCUT2D eigenvalue weighted by Crippen LogP contribution is 2.65. The lowest BCUT2D eigenvalue weighted by Crippen LogP contribution is -2.43. The predicted octanol–water partition coefficient (Wildman–Crippen LogP) is 1.35. The summed E-state index contributed by atoms with van der Waals surface area (Å²) in [5.41, 5.74) is 0. The minimum atomic E-state index is -0.810. The number of carbonyl (C=O) groups is 1. The largest absolute Gasteiger partial charge is 0.550 e. The Morgan fingerprint density at radius 3 is 2.13 bits per heavy atom. The smallest absolute Gasteiger partial charge is 0.0668 e. The van der Waals surface area contributed by atoms with E-state index in [4.69, 9.17) is 0 Å². The van der Waals surface area contributed by atoms with Crippen LogP contribution in [0.15, 0.2) is 0 Å². The Bertz CT molecular complexity index is 270. The van der Waals surface area contributed by atoms with Crippen molar-refractivity contribution in [1.82, 2.24) is 0 Å². The van der Waals surface area contributed by atoms with Crippen LogP contribution in [0.2, 0.25) is 0 Å². The van der Waals surface area contributed by atoms with Crippen LogP contribution in [0.5, 0.6) is 0 Å². The molecule has 0 amide bonds. The first kappa shape index (κ1) is 10.3. The van der Waals surface area contributed by atoms with Gasteiger partial charge in [-0.15, -0.1) is 23.5 Å². The molecule has 0 radical (unpaired) electrons. The number of aliphatic carboxylic acids is 1. The van der Waals surface area contributed by atoms with Crippen LogP contribution in [0.3, 0.4) is 0 Å². The van der Waals surface area contributed by atoms with E-state index in [1.165, 1.54) is 24.3 Å². The van der Waals surface area contributed by atoms with Gasteiger partial charge in [0.1, 0.15) is 0 Å². The van der Waals surface area contributed by atoms with E-state index < -0.39 is 5.97 Å². The maximum absolute atomic E-state index is 11.0. The van der Waals surface area contributed by atoms with Gasteiger partial charge < -0.3 is 9.90 Å². The molecule has 1 heterocycles. The molecule has 2 saturated carbocycles. The summed E-state index contributed by atoms with van der Waals surface area (Å²) < 4.78 is 0.409. The van der Waals surface area contributed by atoms with Gasteiger partial charge in [0.05, 0.1) is 4.08 Å². The van der Waals surface area contributed by atoms with Crippen LogP contribution in [-0.2, 0) is 4.79 Å². The van der Waals surface area contributed by atoms with Crippen LogP contribution in [-0.4, -0.2) is 21.6 Å². The Morgan fingerprint density at radius 2 is 1.67 bits per heavy atom. The van der Waals surface area contributed by atoms with Crippen LogP contribution in [0, 0.1) is 17.8 Å². The average Bonchev–Trinajstić information content (AvgIpc) is 2.72. The number of carboxylic acids is 1. The lowest BCUT2D eigenvalue weighted by molar-refractivity contribution is -0.313. The van der Waals surface area contributed by atoms with Gasteiger partial charge in [-0.05, 0) is 43.4 Å². The van der Waals surface area contributed by atoms with Gasteiger partial charge in [0.25, 0.3) is 0 Å². The maximum atomic E-state index is 11.0. The SMILES string of the molecule is O=C([O-])C1C[C@H]2CC[C@H](C1)C21SCCS1. The molecule has 2 aliphatic carbocycles. The second-order valence-electron chi connectivity index (χ2n) is 4.88. The third-order valence-corrected chi connectivity index (χ3v) is 8.23. The minimum absolute atomic E-state index is 0.157. The summed E-state index contributed by atoms with van der Waals surface area (Å²) in [5, 5.41) is 11.0. The Morgan fingerprint density at radius 1 is 1.13 bits per heavy atom. The summed E-state index contributed by atoms with van der Waals surface area (Å²) in [7, 11) is 0. The zero-order valence-corrected chi connectivity index (χ0v) is 10.2. The maximum Gasteiger partial charge on any atom is 0.0668 e. The molecule has 3 rings (SSSR count). The molecule has 1 spiro atoms. The predicted molar refractivity (Wildman–Crippen MR) is 61.6 cm³/mol. The van der Waals surface area contributed by atoms with Crippen LogP contribution >= 0.6 is 23.5 Å². The quantitative estimate of drug-likeness (QED) is 0.697. The van der Waals surface area contributed by atoms with Gasteiger partial charge in [-0.3, -0.25) is 0 Å². The minimum Gasteiger partial charge on any atom is -0.550 e. The number of thioether (sulfide) groups is 2. The van der Waals surface area contributed by atoms with Gasteiger partial charge in [0, 0.05) is 17.5 Å². The fourth-order valence-electron chi connectivity index (χ4n) is 3.59. The van der Waals surface area contributed by atoms with Crippen molar-refractivity contribution in [2.24, 2.45) is 17.8 Å². The number of rotatable bonds is 1. The highest BCUT2D eigenvalue weighted by molar-refractivity contribution is 8.21. The number of carboxylic acid groups (broad SMARTS) is 1. The fraction of sp³-hybridized carbons (Fsp3) is 0.909. The molecule has 0 unspecified atom stereocenters. The topological polar surface area (TPSA) is 40.1 Å². The van der Waals surface area contributed by atoms with Gasteiger partial charge >= 0.3 is 0 Å². The lowest BCUT2D eigenvalue weighted by atomic mass is 9.80. The third kappa shape index (κ3) is 1.44. The van der Waals surface area contributed by atoms with Gasteiger partial charge in [0.15, 0.2) is 0 Å². The van der Waals surface area contributed by atoms with Crippen LogP contribution in [0.25, 0.3) is 0 Å². The van der Waals surface area contributed by atoms with Crippen molar-refractivity contribution >= 4 is 29.5 Å². The van der Waals surface area contributed by atoms with Crippen molar-refractivity contribution in [3.8, 4) is 0 Å². The molecule has 15 heavy (non-hydrogen) atoms. The second-order valence-corrected chi connectivity index (χ2v) is 7.88. The molecule has 3 fully saturated rings. The molecule has 2 nitrogen and oxygen atoms in total. The van der Waals surface area contributed by atoms with E-state index in [0.29, 0.717) is 15.9 Å². The fourth-order valence-corrected chi connectivity index (χ4v) is 7.53. The molecule has 0 aromatic carbocycles. The normalized spacial score (nSPS) is 42.3. The van der Waals surface area contributed by atoms with Crippen molar-refractivity contribution < 1.29 is 9.90 Å². The Kier molecular flexibility index (Phi) is 2.47. The van der Waals surface area contributed by atoms with Gasteiger partial charge in [0.2, 0.25) is 0 Å². The first-order valence-electron chi connectivity index (χ1n) is 5.71. The van der Waals surface area contributed by atoms with Gasteiger partial charge in [-0.2, -0.15) is 0 Å². The number of hydrogen-bond acceptors (Lipinski definition) is 4. The van der Waals surface area contributed by atoms with Crippen LogP contribution in [0.4, 0.5) is 0 Å². The number of hydrogen-bond donors (Lipinski definition) is 0. The summed E-state index contributed by atoms with van der Waals surface area (Å²) in [4.78, 5) is 11.0. The van der Waals surface area contributed by atoms with E-state index in [9.17, 15) is 9.90 Å². The Hall–Kier alpha value is 0.170. The molecule has 3 aliphatic rings. The zero-order chi connectivity index (χ0) is 10.5. The van der Waals surface area contributed by atoms with E-state index in [-0.39, 0.29) is 5.92 Å². The second kappa shape index (κ2) is 3.59. The molecule has 0 aromatic heterocycles. The molecular formula is C11H15O2S2-. The molecule has 2 bridgehead atoms. The van der Waals surface area contributed by atoms with Crippen LogP contribution in [0.1, 0.15) is 25.7 Å². The Balaban J connectivity index is 1.84. The van der Waals surface area contributed by atoms with Crippen molar-refractivity contribution in [1.29, 1.82) is 0 Å². The van der Waals surface area contributed by atoms with Crippen molar-refractivity contribution in [2.45, 2.75) is 29.8 Å². The van der Waals surface area contributed by atoms with E-state index in [1.54, 1.807) is 0 Å². The van der Waals surface area contributed by atoms with Crippen molar-refractivity contribution in [3.05, 3.63) is 0 Å². The van der Waals surface area contributed by atoms with Crippen LogP contribution < -0.4 is 5.11 Å². The molecular weight excluding hydrogens is 228 g/mol. The molecule has 0 N–H and O–H groups in total. The van der Waals surface area contributed by atoms with Crippen molar-refractivity contribution in [2.75, 3.05) is 11.5 Å². The van der Waals surface area contributed by atoms with Gasteiger partial charge in [-0.1, -0.05) is 0 Å². The van der Waals surface area contributed by atoms with Gasteiger partial charge in [-0.25, -0.2) is 0 Å². The first-order chi connectivity index (χ1) is 7.22. The van der Waals surface area contributed by atoms with Crippen molar-refractivity contribution in [3.63, 3.8) is 0 Å². The zero-order valence-electron chi connectivity index (χ0n) is 8.61. The third-order valence-electron chi connectivity index (χ3n) is 4.21. The highest BCUT2D eigenvalue weighted by atomic mass is 32.2. The molecule has 1 saturated heterocycles. The molecule has 84 valence electrons. The average molecular weight is 243 g/mol. The van der Waals surface area contributed by atoms with E-state index in [1.807, 2.05) is 0 Å². The molecule has 2 atom stereocenters. The van der Waals surface area contributed by atoms with E-state index >= 15 is 0 Å². The van der Waals surface area contributed by atoms with E-state index in [0.717, 1.165) is 12.8 Å². The summed E-state index contributed by atoms with van der Waals surface area (Å²) in [6.07, 6.45) is 4.24. The molecule has 1 aliphatic heterocycles.